The molecule has 0 saturated carbocycles. The maximum Gasteiger partial charge on any atom is 0.183 e. The SMILES string of the molecule is CC(C)n1ncnc1CC(O)c1cc(Br)c(Br)o1. The van der Waals surface area contributed by atoms with Crippen molar-refractivity contribution in [1.82, 2.24) is 14.8 Å². The average Bonchev–Trinajstić information content (AvgIpc) is 2.87. The lowest BCUT2D eigenvalue weighted by molar-refractivity contribution is 0.144. The van der Waals surface area contributed by atoms with Crippen molar-refractivity contribution in [1.29, 1.82) is 0 Å². The molecule has 5 nitrogen and oxygen atoms in total. The monoisotopic (exact) mass is 377 g/mol. The van der Waals surface area contributed by atoms with Crippen molar-refractivity contribution in [3.8, 4) is 0 Å². The topological polar surface area (TPSA) is 64.1 Å². The van der Waals surface area contributed by atoms with Gasteiger partial charge in [-0.15, -0.1) is 0 Å². The third kappa shape index (κ3) is 2.84. The van der Waals surface area contributed by atoms with E-state index in [9.17, 15) is 5.11 Å². The van der Waals surface area contributed by atoms with Gasteiger partial charge in [-0.2, -0.15) is 5.10 Å². The highest BCUT2D eigenvalue weighted by Crippen LogP contribution is 2.31. The van der Waals surface area contributed by atoms with Gasteiger partial charge in [0.1, 0.15) is 24.0 Å². The lowest BCUT2D eigenvalue weighted by Crippen LogP contribution is -2.11. The van der Waals surface area contributed by atoms with Gasteiger partial charge in [-0.3, -0.25) is 0 Å². The predicted molar refractivity (Wildman–Crippen MR) is 73.2 cm³/mol. The Labute approximate surface area is 121 Å². The van der Waals surface area contributed by atoms with E-state index in [0.29, 0.717) is 16.9 Å². The first-order valence-corrected chi connectivity index (χ1v) is 7.08. The third-order valence-corrected chi connectivity index (χ3v) is 4.22. The van der Waals surface area contributed by atoms with Gasteiger partial charge in [0.25, 0.3) is 0 Å². The van der Waals surface area contributed by atoms with Crippen molar-refractivity contribution in [2.24, 2.45) is 0 Å². The lowest BCUT2D eigenvalue weighted by atomic mass is 10.2. The highest BCUT2D eigenvalue weighted by Gasteiger charge is 2.19. The molecule has 0 radical (unpaired) electrons. The number of hydrogen-bond acceptors (Lipinski definition) is 4. The van der Waals surface area contributed by atoms with Crippen LogP contribution in [-0.2, 0) is 6.42 Å². The molecule has 0 bridgehead atoms. The number of aliphatic hydroxyl groups excluding tert-OH is 1. The summed E-state index contributed by atoms with van der Waals surface area (Å²) in [4.78, 5) is 4.16. The molecule has 1 atom stereocenters. The van der Waals surface area contributed by atoms with Gasteiger partial charge in [0.05, 0.1) is 4.47 Å². The second-order valence-corrected chi connectivity index (χ2v) is 5.78. The number of aromatic nitrogens is 3. The molecule has 2 aromatic rings. The Balaban J connectivity index is 2.16. The number of rotatable bonds is 4. The van der Waals surface area contributed by atoms with Gasteiger partial charge in [-0.25, -0.2) is 9.67 Å². The summed E-state index contributed by atoms with van der Waals surface area (Å²) in [5.74, 6) is 1.23. The fraction of sp³-hybridized carbons (Fsp3) is 0.455. The Morgan fingerprint density at radius 2 is 2.17 bits per heavy atom. The van der Waals surface area contributed by atoms with E-state index in [1.165, 1.54) is 6.33 Å². The molecule has 18 heavy (non-hydrogen) atoms. The molecule has 0 fully saturated rings. The molecule has 0 saturated heterocycles. The predicted octanol–water partition coefficient (Wildman–Crippen LogP) is 3.25. The summed E-state index contributed by atoms with van der Waals surface area (Å²) in [6, 6.07) is 1.95. The van der Waals surface area contributed by atoms with Gasteiger partial charge in [0, 0.05) is 12.5 Å². The first-order chi connectivity index (χ1) is 8.49. The average molecular weight is 379 g/mol. The van der Waals surface area contributed by atoms with Crippen LogP contribution < -0.4 is 0 Å². The molecule has 1 N–H and O–H groups in total. The number of halogens is 2. The molecule has 0 aliphatic heterocycles. The van der Waals surface area contributed by atoms with Crippen LogP contribution in [0.2, 0.25) is 0 Å². The van der Waals surface area contributed by atoms with E-state index >= 15 is 0 Å². The van der Waals surface area contributed by atoms with Crippen LogP contribution >= 0.6 is 31.9 Å². The van der Waals surface area contributed by atoms with Crippen LogP contribution in [0.4, 0.5) is 0 Å². The largest absolute Gasteiger partial charge is 0.450 e. The lowest BCUT2D eigenvalue weighted by Gasteiger charge is -2.11. The van der Waals surface area contributed by atoms with Crippen molar-refractivity contribution in [3.05, 3.63) is 33.1 Å². The number of hydrogen-bond donors (Lipinski definition) is 1. The molecule has 7 heteroatoms. The molecule has 0 aliphatic rings. The summed E-state index contributed by atoms with van der Waals surface area (Å²) in [7, 11) is 0. The van der Waals surface area contributed by atoms with E-state index in [1.807, 2.05) is 13.8 Å². The van der Waals surface area contributed by atoms with Crippen LogP contribution in [0.1, 0.15) is 37.6 Å². The summed E-state index contributed by atoms with van der Waals surface area (Å²) in [6.45, 7) is 4.04. The maximum atomic E-state index is 10.1. The number of furan rings is 1. The normalized spacial score (nSPS) is 13.2. The molecule has 0 aliphatic carbocycles. The molecule has 0 spiro atoms. The zero-order valence-corrected chi connectivity index (χ0v) is 13.1. The Bertz CT molecular complexity index is 517. The number of aliphatic hydroxyl groups is 1. The molecule has 1 unspecified atom stereocenters. The fourth-order valence-electron chi connectivity index (χ4n) is 1.65. The standard InChI is InChI=1S/C11H13Br2N3O2/c1-6(2)16-10(14-5-15-16)4-8(17)9-3-7(12)11(13)18-9/h3,5-6,8,17H,4H2,1-2H3. The van der Waals surface area contributed by atoms with E-state index in [2.05, 4.69) is 41.9 Å². The molecule has 0 amide bonds. The second kappa shape index (κ2) is 5.54. The second-order valence-electron chi connectivity index (χ2n) is 4.20. The van der Waals surface area contributed by atoms with Crippen LogP contribution in [-0.4, -0.2) is 19.9 Å². The Morgan fingerprint density at radius 3 is 2.72 bits per heavy atom. The summed E-state index contributed by atoms with van der Waals surface area (Å²) < 4.78 is 8.53. The maximum absolute atomic E-state index is 10.1. The van der Waals surface area contributed by atoms with Gasteiger partial charge in [-0.05, 0) is 51.8 Å². The first-order valence-electron chi connectivity index (χ1n) is 5.50. The fourth-order valence-corrected chi connectivity index (χ4v) is 2.26. The third-order valence-electron chi connectivity index (χ3n) is 2.50. The van der Waals surface area contributed by atoms with Gasteiger partial charge in [0.2, 0.25) is 0 Å². The van der Waals surface area contributed by atoms with Gasteiger partial charge in [-0.1, -0.05) is 0 Å². The highest BCUT2D eigenvalue weighted by molar-refractivity contribution is 9.13. The van der Waals surface area contributed by atoms with Gasteiger partial charge in [0.15, 0.2) is 4.67 Å². The molecule has 2 rings (SSSR count). The van der Waals surface area contributed by atoms with E-state index in [1.54, 1.807) is 10.7 Å². The Kier molecular flexibility index (Phi) is 4.24. The van der Waals surface area contributed by atoms with Crippen LogP contribution in [0.3, 0.4) is 0 Å². The highest BCUT2D eigenvalue weighted by atomic mass is 79.9. The smallest absolute Gasteiger partial charge is 0.183 e. The molecular weight excluding hydrogens is 366 g/mol. The summed E-state index contributed by atoms with van der Waals surface area (Å²) in [6.07, 6.45) is 1.12. The van der Waals surface area contributed by atoms with E-state index in [0.717, 1.165) is 10.3 Å². The van der Waals surface area contributed by atoms with Crippen molar-refractivity contribution in [2.45, 2.75) is 32.4 Å². The van der Waals surface area contributed by atoms with Crippen molar-refractivity contribution >= 4 is 31.9 Å². The van der Waals surface area contributed by atoms with Gasteiger partial charge < -0.3 is 9.52 Å². The molecular formula is C11H13Br2N3O2. The van der Waals surface area contributed by atoms with Crippen LogP contribution in [0.15, 0.2) is 26.0 Å². The zero-order chi connectivity index (χ0) is 13.3. The number of nitrogens with zero attached hydrogens (tertiary/aromatic N) is 3. The Morgan fingerprint density at radius 1 is 1.44 bits per heavy atom. The van der Waals surface area contributed by atoms with Gasteiger partial charge >= 0.3 is 0 Å². The minimum atomic E-state index is -0.741. The van der Waals surface area contributed by atoms with E-state index < -0.39 is 6.10 Å². The summed E-state index contributed by atoms with van der Waals surface area (Å²) in [5.41, 5.74) is 0. The molecule has 2 aromatic heterocycles. The van der Waals surface area contributed by atoms with E-state index in [4.69, 9.17) is 4.42 Å². The molecule has 2 heterocycles. The summed E-state index contributed by atoms with van der Waals surface area (Å²) >= 11 is 6.56. The first kappa shape index (κ1) is 13.8. The zero-order valence-electron chi connectivity index (χ0n) is 9.97. The van der Waals surface area contributed by atoms with Crippen molar-refractivity contribution < 1.29 is 9.52 Å². The minimum absolute atomic E-state index is 0.213. The quantitative estimate of drug-likeness (QED) is 0.886. The molecule has 0 aromatic carbocycles. The van der Waals surface area contributed by atoms with Crippen LogP contribution in [0.25, 0.3) is 0 Å². The summed E-state index contributed by atoms with van der Waals surface area (Å²) in [5, 5.41) is 14.3. The molecule has 98 valence electrons. The Hall–Kier alpha value is -0.660. The minimum Gasteiger partial charge on any atom is -0.450 e. The van der Waals surface area contributed by atoms with Crippen molar-refractivity contribution in [2.75, 3.05) is 0 Å². The van der Waals surface area contributed by atoms with Crippen LogP contribution in [0.5, 0.6) is 0 Å². The van der Waals surface area contributed by atoms with E-state index in [-0.39, 0.29) is 6.04 Å². The van der Waals surface area contributed by atoms with Crippen LogP contribution in [0, 0.1) is 0 Å². The van der Waals surface area contributed by atoms with Crippen molar-refractivity contribution in [3.63, 3.8) is 0 Å².